The standard InChI is InChI=1S/C18H22N2O5/c1-2-8-25-18(24)15(9-12-6-4-3-5-7-12)19-13-10-16(21)20-14(13)11-17(22)23/h3-7,10,14-15,19H,2,8-9,11H2,1H3,(H,20,21)(H,22,23)/t14-,15-/m0/s1. The number of hydrogen-bond donors (Lipinski definition) is 3. The molecule has 0 aliphatic carbocycles. The molecular formula is C18H22N2O5. The number of carbonyl (C=O) groups is 3. The molecule has 0 fully saturated rings. The zero-order valence-electron chi connectivity index (χ0n) is 14.0. The first-order chi connectivity index (χ1) is 12.0. The second-order valence-corrected chi connectivity index (χ2v) is 5.81. The van der Waals surface area contributed by atoms with Crippen LogP contribution >= 0.6 is 0 Å². The molecule has 1 amide bonds. The molecule has 1 aromatic carbocycles. The Labute approximate surface area is 146 Å². The zero-order valence-corrected chi connectivity index (χ0v) is 14.0. The summed E-state index contributed by atoms with van der Waals surface area (Å²) in [5, 5.41) is 14.5. The third kappa shape index (κ3) is 5.63. The van der Waals surface area contributed by atoms with E-state index in [2.05, 4.69) is 10.6 Å². The third-order valence-corrected chi connectivity index (χ3v) is 3.71. The fourth-order valence-electron chi connectivity index (χ4n) is 2.56. The second kappa shape index (κ2) is 8.86. The molecule has 1 aliphatic heterocycles. The number of hydrogen-bond acceptors (Lipinski definition) is 5. The molecule has 0 spiro atoms. The number of esters is 1. The Morgan fingerprint density at radius 3 is 2.68 bits per heavy atom. The highest BCUT2D eigenvalue weighted by molar-refractivity contribution is 5.92. The zero-order chi connectivity index (χ0) is 18.2. The van der Waals surface area contributed by atoms with Gasteiger partial charge in [-0.1, -0.05) is 37.3 Å². The van der Waals surface area contributed by atoms with Crippen molar-refractivity contribution in [2.45, 2.75) is 38.3 Å². The Bertz CT molecular complexity index is 657. The van der Waals surface area contributed by atoms with Crippen molar-refractivity contribution in [2.24, 2.45) is 0 Å². The lowest BCUT2D eigenvalue weighted by atomic mass is 10.0. The van der Waals surface area contributed by atoms with Crippen molar-refractivity contribution in [3.63, 3.8) is 0 Å². The summed E-state index contributed by atoms with van der Waals surface area (Å²) in [5.41, 5.74) is 1.32. The monoisotopic (exact) mass is 346 g/mol. The van der Waals surface area contributed by atoms with Gasteiger partial charge in [-0.15, -0.1) is 0 Å². The van der Waals surface area contributed by atoms with E-state index < -0.39 is 24.0 Å². The van der Waals surface area contributed by atoms with Crippen LogP contribution in [-0.4, -0.2) is 41.6 Å². The Balaban J connectivity index is 2.13. The number of nitrogens with one attached hydrogen (secondary N) is 2. The van der Waals surface area contributed by atoms with Crippen molar-refractivity contribution in [1.29, 1.82) is 0 Å². The number of carboxylic acid groups (broad SMARTS) is 1. The summed E-state index contributed by atoms with van der Waals surface area (Å²) in [4.78, 5) is 34.9. The van der Waals surface area contributed by atoms with Gasteiger partial charge in [0.25, 0.3) is 0 Å². The summed E-state index contributed by atoms with van der Waals surface area (Å²) < 4.78 is 5.23. The summed E-state index contributed by atoms with van der Waals surface area (Å²) in [5.74, 6) is -1.85. The molecule has 1 heterocycles. The average molecular weight is 346 g/mol. The first kappa shape index (κ1) is 18.5. The van der Waals surface area contributed by atoms with E-state index in [1.54, 1.807) is 0 Å². The van der Waals surface area contributed by atoms with E-state index in [0.29, 0.717) is 25.1 Å². The number of carbonyl (C=O) groups excluding carboxylic acids is 2. The van der Waals surface area contributed by atoms with Crippen LogP contribution in [0.5, 0.6) is 0 Å². The number of ether oxygens (including phenoxy) is 1. The van der Waals surface area contributed by atoms with Crippen LogP contribution < -0.4 is 10.6 Å². The number of amides is 1. The van der Waals surface area contributed by atoms with E-state index >= 15 is 0 Å². The number of aliphatic carboxylic acids is 1. The lowest BCUT2D eigenvalue weighted by Crippen LogP contribution is -2.43. The van der Waals surface area contributed by atoms with Crippen molar-refractivity contribution < 1.29 is 24.2 Å². The van der Waals surface area contributed by atoms with E-state index in [0.717, 1.165) is 5.56 Å². The molecule has 1 aromatic rings. The van der Waals surface area contributed by atoms with Crippen molar-refractivity contribution in [2.75, 3.05) is 6.61 Å². The first-order valence-electron chi connectivity index (χ1n) is 8.20. The summed E-state index contributed by atoms with van der Waals surface area (Å²) in [6.07, 6.45) is 2.11. The minimum Gasteiger partial charge on any atom is -0.481 e. The normalized spacial score (nSPS) is 17.4. The number of carboxylic acids is 1. The van der Waals surface area contributed by atoms with Gasteiger partial charge in [0, 0.05) is 18.2 Å². The van der Waals surface area contributed by atoms with Gasteiger partial charge in [-0.2, -0.15) is 0 Å². The van der Waals surface area contributed by atoms with Crippen LogP contribution in [0.4, 0.5) is 0 Å². The SMILES string of the molecule is CCCOC(=O)[C@H](Cc1ccccc1)NC1=CC(=O)N[C@H]1CC(=O)O. The van der Waals surface area contributed by atoms with Gasteiger partial charge in [-0.25, -0.2) is 4.79 Å². The maximum Gasteiger partial charge on any atom is 0.328 e. The average Bonchev–Trinajstić information content (AvgIpc) is 2.91. The highest BCUT2D eigenvalue weighted by atomic mass is 16.5. The minimum absolute atomic E-state index is 0.257. The molecule has 134 valence electrons. The van der Waals surface area contributed by atoms with Crippen molar-refractivity contribution in [3.8, 4) is 0 Å². The quantitative estimate of drug-likeness (QED) is 0.576. The maximum absolute atomic E-state index is 12.4. The number of rotatable bonds is 9. The van der Waals surface area contributed by atoms with Gasteiger partial charge >= 0.3 is 11.9 Å². The van der Waals surface area contributed by atoms with E-state index in [-0.39, 0.29) is 12.3 Å². The van der Waals surface area contributed by atoms with Crippen LogP contribution in [0.2, 0.25) is 0 Å². The molecule has 3 N–H and O–H groups in total. The molecule has 0 saturated carbocycles. The fourth-order valence-corrected chi connectivity index (χ4v) is 2.56. The Hall–Kier alpha value is -2.83. The van der Waals surface area contributed by atoms with Gasteiger partial charge in [0.1, 0.15) is 6.04 Å². The number of benzene rings is 1. The molecule has 0 saturated heterocycles. The van der Waals surface area contributed by atoms with Gasteiger partial charge < -0.3 is 20.5 Å². The molecule has 2 atom stereocenters. The third-order valence-electron chi connectivity index (χ3n) is 3.71. The molecule has 0 radical (unpaired) electrons. The van der Waals surface area contributed by atoms with Crippen LogP contribution in [0, 0.1) is 0 Å². The van der Waals surface area contributed by atoms with Crippen molar-refractivity contribution >= 4 is 17.8 Å². The Kier molecular flexibility index (Phi) is 6.56. The van der Waals surface area contributed by atoms with Crippen LogP contribution in [0.3, 0.4) is 0 Å². The highest BCUT2D eigenvalue weighted by Crippen LogP contribution is 2.14. The van der Waals surface area contributed by atoms with E-state index in [1.807, 2.05) is 37.3 Å². The van der Waals surface area contributed by atoms with Gasteiger partial charge in [-0.05, 0) is 12.0 Å². The molecule has 0 unspecified atom stereocenters. The minimum atomic E-state index is -1.03. The van der Waals surface area contributed by atoms with E-state index in [9.17, 15) is 14.4 Å². The van der Waals surface area contributed by atoms with Crippen molar-refractivity contribution in [1.82, 2.24) is 10.6 Å². The predicted octanol–water partition coefficient (Wildman–Crippen LogP) is 0.997. The summed E-state index contributed by atoms with van der Waals surface area (Å²) in [6, 6.07) is 8.03. The summed E-state index contributed by atoms with van der Waals surface area (Å²) in [6.45, 7) is 2.21. The van der Waals surface area contributed by atoms with Crippen LogP contribution in [-0.2, 0) is 25.5 Å². The topological polar surface area (TPSA) is 105 Å². The first-order valence-corrected chi connectivity index (χ1v) is 8.20. The largest absolute Gasteiger partial charge is 0.481 e. The summed E-state index contributed by atoms with van der Waals surface area (Å²) in [7, 11) is 0. The molecule has 2 rings (SSSR count). The highest BCUT2D eigenvalue weighted by Gasteiger charge is 2.30. The van der Waals surface area contributed by atoms with E-state index in [1.165, 1.54) is 6.08 Å². The smallest absolute Gasteiger partial charge is 0.328 e. The fraction of sp³-hybridized carbons (Fsp3) is 0.389. The van der Waals surface area contributed by atoms with Crippen molar-refractivity contribution in [3.05, 3.63) is 47.7 Å². The van der Waals surface area contributed by atoms with Crippen LogP contribution in [0.15, 0.2) is 42.1 Å². The molecule has 7 heteroatoms. The van der Waals surface area contributed by atoms with Gasteiger partial charge in [0.15, 0.2) is 0 Å². The maximum atomic E-state index is 12.4. The van der Waals surface area contributed by atoms with Crippen LogP contribution in [0.25, 0.3) is 0 Å². The molecule has 0 bridgehead atoms. The lowest BCUT2D eigenvalue weighted by Gasteiger charge is -2.22. The molecule has 25 heavy (non-hydrogen) atoms. The van der Waals surface area contributed by atoms with E-state index in [4.69, 9.17) is 9.84 Å². The molecule has 1 aliphatic rings. The van der Waals surface area contributed by atoms with Gasteiger partial charge in [0.2, 0.25) is 5.91 Å². The Morgan fingerprint density at radius 1 is 1.32 bits per heavy atom. The Morgan fingerprint density at radius 2 is 2.04 bits per heavy atom. The summed E-state index contributed by atoms with van der Waals surface area (Å²) >= 11 is 0. The predicted molar refractivity (Wildman–Crippen MR) is 90.6 cm³/mol. The lowest BCUT2D eigenvalue weighted by molar-refractivity contribution is -0.146. The van der Waals surface area contributed by atoms with Gasteiger partial charge in [0.05, 0.1) is 19.1 Å². The van der Waals surface area contributed by atoms with Crippen LogP contribution in [0.1, 0.15) is 25.3 Å². The second-order valence-electron chi connectivity index (χ2n) is 5.81. The van der Waals surface area contributed by atoms with Gasteiger partial charge in [-0.3, -0.25) is 9.59 Å². The molecular weight excluding hydrogens is 324 g/mol. The molecule has 7 nitrogen and oxygen atoms in total. The molecule has 0 aromatic heterocycles.